The number of aromatic nitrogens is 1. The van der Waals surface area contributed by atoms with Crippen LogP contribution < -0.4 is 15.4 Å². The van der Waals surface area contributed by atoms with Crippen LogP contribution in [0.5, 0.6) is 5.75 Å². The van der Waals surface area contributed by atoms with Crippen LogP contribution in [-0.4, -0.2) is 18.3 Å². The second kappa shape index (κ2) is 6.65. The molecular formula is C17H15N3O3. The zero-order valence-electron chi connectivity index (χ0n) is 12.4. The number of ether oxygens (including phenoxy) is 1. The molecule has 1 heterocycles. The topological polar surface area (TPSA) is 76.4 Å². The molecule has 3 rings (SSSR count). The molecule has 116 valence electrons. The van der Waals surface area contributed by atoms with Crippen LogP contribution in [-0.2, 0) is 0 Å². The molecule has 0 atom stereocenters. The highest BCUT2D eigenvalue weighted by atomic mass is 16.5. The highest BCUT2D eigenvalue weighted by Gasteiger charge is 2.11. The third-order valence-corrected chi connectivity index (χ3v) is 3.17. The highest BCUT2D eigenvalue weighted by molar-refractivity contribution is 6.00. The molecule has 0 aliphatic heterocycles. The average Bonchev–Trinajstić information content (AvgIpc) is 3.04. The normalized spacial score (nSPS) is 10.1. The van der Waals surface area contributed by atoms with Gasteiger partial charge in [0.2, 0.25) is 0 Å². The van der Waals surface area contributed by atoms with Gasteiger partial charge in [0, 0.05) is 11.6 Å². The maximum atomic E-state index is 12.0. The number of methoxy groups -OCH3 is 1. The Kier molecular flexibility index (Phi) is 4.24. The number of para-hydroxylation sites is 2. The minimum atomic E-state index is -0.428. The van der Waals surface area contributed by atoms with Crippen LogP contribution in [0.25, 0.3) is 11.3 Å². The van der Waals surface area contributed by atoms with Gasteiger partial charge < -0.3 is 14.6 Å². The van der Waals surface area contributed by atoms with E-state index in [0.717, 1.165) is 5.56 Å². The largest absolute Gasteiger partial charge is 0.495 e. The standard InChI is InChI=1S/C17H15N3O3/c1-22-14-10-6-5-9-13(14)18-17(21)19-16-11-15(23-20-16)12-7-3-2-4-8-12/h2-11H,1H3,(H2,18,19,20,21). The SMILES string of the molecule is COc1ccccc1NC(=O)Nc1cc(-c2ccccc2)on1. The number of anilines is 2. The van der Waals surface area contributed by atoms with E-state index in [0.29, 0.717) is 23.0 Å². The molecule has 0 aliphatic carbocycles. The molecule has 6 nitrogen and oxygen atoms in total. The summed E-state index contributed by atoms with van der Waals surface area (Å²) in [6.45, 7) is 0. The molecule has 0 bridgehead atoms. The van der Waals surface area contributed by atoms with Crippen LogP contribution in [0.2, 0.25) is 0 Å². The fraction of sp³-hybridized carbons (Fsp3) is 0.0588. The van der Waals surface area contributed by atoms with Gasteiger partial charge in [-0.1, -0.05) is 47.6 Å². The maximum Gasteiger partial charge on any atom is 0.325 e. The van der Waals surface area contributed by atoms with Crippen molar-refractivity contribution in [3.05, 3.63) is 60.7 Å². The molecule has 6 heteroatoms. The van der Waals surface area contributed by atoms with Crippen molar-refractivity contribution in [1.82, 2.24) is 5.16 Å². The Morgan fingerprint density at radius 2 is 1.78 bits per heavy atom. The summed E-state index contributed by atoms with van der Waals surface area (Å²) in [7, 11) is 1.54. The van der Waals surface area contributed by atoms with Gasteiger partial charge in [0.25, 0.3) is 0 Å². The summed E-state index contributed by atoms with van der Waals surface area (Å²) < 4.78 is 10.4. The molecule has 2 aromatic carbocycles. The quantitative estimate of drug-likeness (QED) is 0.764. The smallest absolute Gasteiger partial charge is 0.325 e. The summed E-state index contributed by atoms with van der Waals surface area (Å²) >= 11 is 0. The minimum absolute atomic E-state index is 0.330. The molecule has 0 radical (unpaired) electrons. The van der Waals surface area contributed by atoms with Crippen molar-refractivity contribution in [2.75, 3.05) is 17.7 Å². The van der Waals surface area contributed by atoms with Crippen LogP contribution in [0.15, 0.2) is 65.2 Å². The van der Waals surface area contributed by atoms with Gasteiger partial charge in [-0.2, -0.15) is 0 Å². The first-order valence-corrected chi connectivity index (χ1v) is 6.99. The van der Waals surface area contributed by atoms with E-state index in [9.17, 15) is 4.79 Å². The lowest BCUT2D eigenvalue weighted by molar-refractivity contribution is 0.261. The van der Waals surface area contributed by atoms with E-state index < -0.39 is 6.03 Å². The molecule has 0 aliphatic rings. The minimum Gasteiger partial charge on any atom is -0.495 e. The second-order valence-corrected chi connectivity index (χ2v) is 4.72. The predicted molar refractivity (Wildman–Crippen MR) is 87.6 cm³/mol. The van der Waals surface area contributed by atoms with Crippen molar-refractivity contribution in [1.29, 1.82) is 0 Å². The Labute approximate surface area is 133 Å². The Bertz CT molecular complexity index is 800. The van der Waals surface area contributed by atoms with Gasteiger partial charge >= 0.3 is 6.03 Å². The summed E-state index contributed by atoms with van der Waals surface area (Å²) in [6.07, 6.45) is 0. The molecule has 0 fully saturated rings. The lowest BCUT2D eigenvalue weighted by atomic mass is 10.2. The van der Waals surface area contributed by atoms with Crippen LogP contribution in [0.3, 0.4) is 0 Å². The zero-order chi connectivity index (χ0) is 16.1. The molecule has 2 N–H and O–H groups in total. The molecule has 0 saturated heterocycles. The Hall–Kier alpha value is -3.28. The zero-order valence-corrected chi connectivity index (χ0v) is 12.4. The fourth-order valence-electron chi connectivity index (χ4n) is 2.09. The van der Waals surface area contributed by atoms with Crippen LogP contribution in [0, 0.1) is 0 Å². The third kappa shape index (κ3) is 3.49. The Morgan fingerprint density at radius 3 is 2.57 bits per heavy atom. The Balaban J connectivity index is 1.68. The first-order chi connectivity index (χ1) is 11.3. The van der Waals surface area contributed by atoms with E-state index in [1.807, 2.05) is 42.5 Å². The van der Waals surface area contributed by atoms with E-state index in [2.05, 4.69) is 15.8 Å². The molecule has 0 unspecified atom stereocenters. The van der Waals surface area contributed by atoms with Gasteiger partial charge in [-0.3, -0.25) is 5.32 Å². The number of nitrogens with zero attached hydrogens (tertiary/aromatic N) is 1. The van der Waals surface area contributed by atoms with Crippen molar-refractivity contribution in [3.63, 3.8) is 0 Å². The predicted octanol–water partition coefficient (Wildman–Crippen LogP) is 3.99. The van der Waals surface area contributed by atoms with Crippen molar-refractivity contribution < 1.29 is 14.1 Å². The van der Waals surface area contributed by atoms with Crippen molar-refractivity contribution in [3.8, 4) is 17.1 Å². The van der Waals surface area contributed by atoms with E-state index in [-0.39, 0.29) is 0 Å². The lowest BCUT2D eigenvalue weighted by Crippen LogP contribution is -2.19. The van der Waals surface area contributed by atoms with Crippen LogP contribution in [0.1, 0.15) is 0 Å². The molecule has 3 aromatic rings. The number of rotatable bonds is 4. The second-order valence-electron chi connectivity index (χ2n) is 4.72. The first kappa shape index (κ1) is 14.6. The molecule has 1 aromatic heterocycles. The van der Waals surface area contributed by atoms with E-state index in [1.54, 1.807) is 25.3 Å². The number of benzene rings is 2. The van der Waals surface area contributed by atoms with E-state index in [1.165, 1.54) is 0 Å². The Morgan fingerprint density at radius 1 is 1.04 bits per heavy atom. The van der Waals surface area contributed by atoms with Gasteiger partial charge in [-0.25, -0.2) is 4.79 Å². The van der Waals surface area contributed by atoms with Gasteiger partial charge in [-0.05, 0) is 12.1 Å². The number of urea groups is 1. The summed E-state index contributed by atoms with van der Waals surface area (Å²) in [6, 6.07) is 17.9. The average molecular weight is 309 g/mol. The van der Waals surface area contributed by atoms with Crippen LogP contribution in [0.4, 0.5) is 16.3 Å². The van der Waals surface area contributed by atoms with Gasteiger partial charge in [0.05, 0.1) is 12.8 Å². The number of hydrogen-bond donors (Lipinski definition) is 2. The third-order valence-electron chi connectivity index (χ3n) is 3.17. The van der Waals surface area contributed by atoms with Gasteiger partial charge in [0.1, 0.15) is 5.75 Å². The summed E-state index contributed by atoms with van der Waals surface area (Å²) in [5.74, 6) is 1.49. The fourth-order valence-corrected chi connectivity index (χ4v) is 2.09. The van der Waals surface area contributed by atoms with Gasteiger partial charge in [0.15, 0.2) is 11.6 Å². The first-order valence-electron chi connectivity index (χ1n) is 6.99. The monoisotopic (exact) mass is 309 g/mol. The molecule has 23 heavy (non-hydrogen) atoms. The molecule has 0 spiro atoms. The highest BCUT2D eigenvalue weighted by Crippen LogP contribution is 2.24. The maximum absolute atomic E-state index is 12.0. The number of amides is 2. The summed E-state index contributed by atoms with van der Waals surface area (Å²) in [5, 5.41) is 9.16. The van der Waals surface area contributed by atoms with E-state index >= 15 is 0 Å². The van der Waals surface area contributed by atoms with Gasteiger partial charge in [-0.15, -0.1) is 0 Å². The summed E-state index contributed by atoms with van der Waals surface area (Å²) in [4.78, 5) is 12.0. The van der Waals surface area contributed by atoms with E-state index in [4.69, 9.17) is 9.26 Å². The number of carbonyl (C=O) groups is 1. The molecule has 2 amide bonds. The molecular weight excluding hydrogens is 294 g/mol. The lowest BCUT2D eigenvalue weighted by Gasteiger charge is -2.09. The van der Waals surface area contributed by atoms with Crippen molar-refractivity contribution >= 4 is 17.5 Å². The number of carbonyl (C=O) groups excluding carboxylic acids is 1. The summed E-state index contributed by atoms with van der Waals surface area (Å²) in [5.41, 5.74) is 1.46. The van der Waals surface area contributed by atoms with Crippen LogP contribution >= 0.6 is 0 Å². The number of hydrogen-bond acceptors (Lipinski definition) is 4. The van der Waals surface area contributed by atoms with Crippen molar-refractivity contribution in [2.24, 2.45) is 0 Å². The van der Waals surface area contributed by atoms with Crippen molar-refractivity contribution in [2.45, 2.75) is 0 Å². The molecule has 0 saturated carbocycles. The number of nitrogens with one attached hydrogen (secondary N) is 2.